The van der Waals surface area contributed by atoms with E-state index in [1.807, 2.05) is 66.8 Å². The summed E-state index contributed by atoms with van der Waals surface area (Å²) < 4.78 is 17.7. The zero-order valence-electron chi connectivity index (χ0n) is 19.0. The molecule has 1 atom stereocenters. The van der Waals surface area contributed by atoms with Crippen LogP contribution in [0.4, 0.5) is 10.6 Å². The van der Waals surface area contributed by atoms with Crippen LogP contribution in [0.15, 0.2) is 18.3 Å². The fraction of sp³-hybridized carbons (Fsp3) is 0.714. The number of nitrogens with zero attached hydrogens (tertiary/aromatic N) is 3. The Morgan fingerprint density at radius 2 is 1.79 bits per heavy atom. The fourth-order valence-corrected chi connectivity index (χ4v) is 3.48. The standard InChI is InChI=1S/C21H34BN3O4/c1-15-14-24(18(26)27-19(2,3)4)11-12-25(15)17-10-9-16(13-23-17)22-28-20(5,6)21(7,8)29-22/h9-10,13,15H,11-12,14H2,1-8H3. The molecule has 0 bridgehead atoms. The molecule has 7 nitrogen and oxygen atoms in total. The van der Waals surface area contributed by atoms with E-state index in [2.05, 4.69) is 16.8 Å². The number of ether oxygens (including phenoxy) is 1. The van der Waals surface area contributed by atoms with Crippen LogP contribution < -0.4 is 10.4 Å². The van der Waals surface area contributed by atoms with Gasteiger partial charge in [-0.2, -0.15) is 0 Å². The maximum absolute atomic E-state index is 12.3. The van der Waals surface area contributed by atoms with Crippen molar-refractivity contribution in [1.82, 2.24) is 9.88 Å². The van der Waals surface area contributed by atoms with E-state index in [4.69, 9.17) is 14.0 Å². The van der Waals surface area contributed by atoms with E-state index in [1.54, 1.807) is 4.90 Å². The zero-order valence-corrected chi connectivity index (χ0v) is 19.0. The average molecular weight is 403 g/mol. The summed E-state index contributed by atoms with van der Waals surface area (Å²) in [6, 6.07) is 4.16. The molecular formula is C21H34BN3O4. The van der Waals surface area contributed by atoms with Gasteiger partial charge in [0.25, 0.3) is 0 Å². The average Bonchev–Trinajstić information content (AvgIpc) is 2.81. The molecule has 1 amide bonds. The summed E-state index contributed by atoms with van der Waals surface area (Å²) >= 11 is 0. The SMILES string of the molecule is CC1CN(C(=O)OC(C)(C)C)CCN1c1ccc(B2OC(C)(C)C(C)(C)O2)cn1. The van der Waals surface area contributed by atoms with Crippen LogP contribution in [0.1, 0.15) is 55.4 Å². The highest BCUT2D eigenvalue weighted by Gasteiger charge is 2.51. The molecule has 0 aromatic carbocycles. The number of piperazine rings is 1. The van der Waals surface area contributed by atoms with Gasteiger partial charge < -0.3 is 23.8 Å². The summed E-state index contributed by atoms with van der Waals surface area (Å²) in [7, 11) is -0.414. The van der Waals surface area contributed by atoms with Gasteiger partial charge in [0.2, 0.25) is 0 Å². The molecule has 2 saturated heterocycles. The molecule has 8 heteroatoms. The molecule has 2 fully saturated rings. The summed E-state index contributed by atoms with van der Waals surface area (Å²) in [6.45, 7) is 17.9. The van der Waals surface area contributed by atoms with Gasteiger partial charge in [0.05, 0.1) is 11.2 Å². The van der Waals surface area contributed by atoms with Crippen molar-refractivity contribution in [2.45, 2.75) is 78.2 Å². The normalized spacial score (nSPS) is 24.0. The molecule has 29 heavy (non-hydrogen) atoms. The maximum Gasteiger partial charge on any atom is 0.496 e. The summed E-state index contributed by atoms with van der Waals surface area (Å²) in [6.07, 6.45) is 1.57. The Morgan fingerprint density at radius 3 is 2.28 bits per heavy atom. The van der Waals surface area contributed by atoms with Crippen molar-refractivity contribution in [3.8, 4) is 0 Å². The first kappa shape index (κ1) is 21.9. The third-order valence-corrected chi connectivity index (χ3v) is 5.87. The maximum atomic E-state index is 12.3. The van der Waals surface area contributed by atoms with Crippen molar-refractivity contribution in [3.63, 3.8) is 0 Å². The molecule has 160 valence electrons. The van der Waals surface area contributed by atoms with Gasteiger partial charge in [-0.3, -0.25) is 0 Å². The predicted octanol–water partition coefficient (Wildman–Crippen LogP) is 2.83. The molecule has 2 aliphatic heterocycles. The molecule has 1 unspecified atom stereocenters. The van der Waals surface area contributed by atoms with Gasteiger partial charge in [0.1, 0.15) is 11.4 Å². The third kappa shape index (κ3) is 4.69. The number of carbonyl (C=O) groups excluding carboxylic acids is 1. The van der Waals surface area contributed by atoms with Gasteiger partial charge in [-0.1, -0.05) is 6.07 Å². The lowest BCUT2D eigenvalue weighted by Gasteiger charge is -2.40. The number of pyridine rings is 1. The van der Waals surface area contributed by atoms with Crippen LogP contribution in [0.25, 0.3) is 0 Å². The number of rotatable bonds is 2. The molecule has 1 aromatic heterocycles. The largest absolute Gasteiger partial charge is 0.496 e. The molecular weight excluding hydrogens is 369 g/mol. The number of carbonyl (C=O) groups is 1. The Morgan fingerprint density at radius 1 is 1.17 bits per heavy atom. The minimum absolute atomic E-state index is 0.145. The highest BCUT2D eigenvalue weighted by Crippen LogP contribution is 2.36. The molecule has 0 radical (unpaired) electrons. The van der Waals surface area contributed by atoms with Gasteiger partial charge in [-0.15, -0.1) is 0 Å². The molecule has 3 heterocycles. The van der Waals surface area contributed by atoms with Crippen LogP contribution in [-0.4, -0.2) is 65.6 Å². The van der Waals surface area contributed by atoms with Crippen LogP contribution in [0.2, 0.25) is 0 Å². The van der Waals surface area contributed by atoms with E-state index in [0.29, 0.717) is 19.6 Å². The fourth-order valence-electron chi connectivity index (χ4n) is 3.48. The van der Waals surface area contributed by atoms with E-state index < -0.39 is 12.7 Å². The molecule has 0 N–H and O–H groups in total. The van der Waals surface area contributed by atoms with Crippen molar-refractivity contribution in [2.75, 3.05) is 24.5 Å². The summed E-state index contributed by atoms with van der Waals surface area (Å²) in [5.74, 6) is 0.890. The molecule has 1 aromatic rings. The Hall–Kier alpha value is -1.80. The van der Waals surface area contributed by atoms with Crippen molar-refractivity contribution in [1.29, 1.82) is 0 Å². The second-order valence-corrected chi connectivity index (χ2v) is 10.0. The van der Waals surface area contributed by atoms with Crippen molar-refractivity contribution >= 4 is 24.5 Å². The van der Waals surface area contributed by atoms with Crippen LogP contribution in [0, 0.1) is 0 Å². The van der Waals surface area contributed by atoms with E-state index >= 15 is 0 Å². The Bertz CT molecular complexity index is 729. The zero-order chi connectivity index (χ0) is 21.6. The van der Waals surface area contributed by atoms with E-state index in [0.717, 1.165) is 11.3 Å². The van der Waals surface area contributed by atoms with E-state index in [9.17, 15) is 4.79 Å². The van der Waals surface area contributed by atoms with Gasteiger partial charge in [0, 0.05) is 37.3 Å². The van der Waals surface area contributed by atoms with Gasteiger partial charge in [0.15, 0.2) is 0 Å². The Labute approximate surface area is 174 Å². The van der Waals surface area contributed by atoms with Crippen LogP contribution in [0.3, 0.4) is 0 Å². The lowest BCUT2D eigenvalue weighted by molar-refractivity contribution is 0.00578. The van der Waals surface area contributed by atoms with E-state index in [-0.39, 0.29) is 23.3 Å². The quantitative estimate of drug-likeness (QED) is 0.708. The minimum atomic E-state index is -0.484. The monoisotopic (exact) mass is 403 g/mol. The smallest absolute Gasteiger partial charge is 0.444 e. The molecule has 0 aliphatic carbocycles. The number of anilines is 1. The highest BCUT2D eigenvalue weighted by molar-refractivity contribution is 6.62. The van der Waals surface area contributed by atoms with Crippen molar-refractivity contribution in [3.05, 3.63) is 18.3 Å². The highest BCUT2D eigenvalue weighted by atomic mass is 16.7. The first-order chi connectivity index (χ1) is 13.3. The van der Waals surface area contributed by atoms with E-state index in [1.165, 1.54) is 0 Å². The lowest BCUT2D eigenvalue weighted by Crippen LogP contribution is -2.55. The van der Waals surface area contributed by atoms with Crippen LogP contribution >= 0.6 is 0 Å². The van der Waals surface area contributed by atoms with Gasteiger partial charge >= 0.3 is 13.2 Å². The van der Waals surface area contributed by atoms with Gasteiger partial charge in [-0.05, 0) is 61.5 Å². The summed E-state index contributed by atoms with van der Waals surface area (Å²) in [5, 5.41) is 0. The number of hydrogen-bond acceptors (Lipinski definition) is 6. The molecule has 0 spiro atoms. The Kier molecular flexibility index (Phi) is 5.64. The van der Waals surface area contributed by atoms with Crippen LogP contribution in [0.5, 0.6) is 0 Å². The molecule has 3 rings (SSSR count). The lowest BCUT2D eigenvalue weighted by atomic mass is 9.80. The minimum Gasteiger partial charge on any atom is -0.444 e. The number of hydrogen-bond donors (Lipinski definition) is 0. The number of aromatic nitrogens is 1. The summed E-state index contributed by atoms with van der Waals surface area (Å²) in [4.78, 5) is 21.0. The first-order valence-corrected chi connectivity index (χ1v) is 10.4. The third-order valence-electron chi connectivity index (χ3n) is 5.87. The molecule has 0 saturated carbocycles. The molecule has 2 aliphatic rings. The summed E-state index contributed by atoms with van der Waals surface area (Å²) in [5.41, 5.74) is -0.318. The van der Waals surface area contributed by atoms with Crippen molar-refractivity contribution in [2.24, 2.45) is 0 Å². The van der Waals surface area contributed by atoms with Crippen LogP contribution in [-0.2, 0) is 14.0 Å². The second-order valence-electron chi connectivity index (χ2n) is 10.0. The second kappa shape index (κ2) is 7.47. The predicted molar refractivity (Wildman–Crippen MR) is 115 cm³/mol. The first-order valence-electron chi connectivity index (χ1n) is 10.4. The topological polar surface area (TPSA) is 64.1 Å². The Balaban J connectivity index is 1.63. The van der Waals surface area contributed by atoms with Crippen molar-refractivity contribution < 1.29 is 18.8 Å². The number of amides is 1. The van der Waals surface area contributed by atoms with Gasteiger partial charge in [-0.25, -0.2) is 9.78 Å².